The van der Waals surface area contributed by atoms with Crippen LogP contribution in [0.1, 0.15) is 24.8 Å². The molecule has 1 saturated heterocycles. The number of hydrogen-bond donors (Lipinski definition) is 1. The topological polar surface area (TPSA) is 50.8 Å². The number of hydrogen-bond acceptors (Lipinski definition) is 4. The highest BCUT2D eigenvalue weighted by Crippen LogP contribution is 2.16. The van der Waals surface area contributed by atoms with Crippen LogP contribution >= 0.6 is 0 Å². The van der Waals surface area contributed by atoms with Crippen molar-refractivity contribution >= 4 is 11.8 Å². The van der Waals surface area contributed by atoms with E-state index in [4.69, 9.17) is 9.47 Å². The molecule has 1 aliphatic rings. The number of amides is 1. The highest BCUT2D eigenvalue weighted by Gasteiger charge is 2.11. The van der Waals surface area contributed by atoms with Crippen LogP contribution < -0.4 is 5.32 Å². The molecule has 1 heterocycles. The van der Waals surface area contributed by atoms with Crippen molar-refractivity contribution in [2.45, 2.75) is 25.9 Å². The zero-order valence-corrected chi connectivity index (χ0v) is 12.6. The Morgan fingerprint density at radius 2 is 2.00 bits per heavy atom. The van der Waals surface area contributed by atoms with Crippen molar-refractivity contribution in [3.63, 3.8) is 0 Å². The molecule has 0 aromatic heterocycles. The van der Waals surface area contributed by atoms with Crippen LogP contribution in [0.4, 0.5) is 10.5 Å². The van der Waals surface area contributed by atoms with E-state index < -0.39 is 6.09 Å². The standard InChI is InChI=1S/C16H24N2O3/c1-20-13-14-7-3-4-8-15(14)17-16(19)21-12-11-18-9-5-2-6-10-18/h3-4,7-8H,2,5-6,9-13H2,1H3,(H,17,19). The lowest BCUT2D eigenvalue weighted by atomic mass is 10.1. The first-order valence-electron chi connectivity index (χ1n) is 7.52. The second-order valence-electron chi connectivity index (χ2n) is 5.25. The van der Waals surface area contributed by atoms with Gasteiger partial charge in [-0.05, 0) is 32.0 Å². The van der Waals surface area contributed by atoms with Gasteiger partial charge in [0.1, 0.15) is 6.61 Å². The van der Waals surface area contributed by atoms with Gasteiger partial charge in [0.2, 0.25) is 0 Å². The molecular formula is C16H24N2O3. The van der Waals surface area contributed by atoms with Gasteiger partial charge in [0.15, 0.2) is 0 Å². The third-order valence-corrected chi connectivity index (χ3v) is 3.64. The molecule has 1 aromatic carbocycles. The second kappa shape index (κ2) is 8.64. The Labute approximate surface area is 126 Å². The summed E-state index contributed by atoms with van der Waals surface area (Å²) in [5, 5.41) is 2.77. The Bertz CT molecular complexity index is 445. The van der Waals surface area contributed by atoms with Crippen molar-refractivity contribution in [2.24, 2.45) is 0 Å². The lowest BCUT2D eigenvalue weighted by molar-refractivity contribution is 0.131. The first-order valence-corrected chi connectivity index (χ1v) is 7.52. The van der Waals surface area contributed by atoms with Crippen molar-refractivity contribution in [3.8, 4) is 0 Å². The Balaban J connectivity index is 1.73. The van der Waals surface area contributed by atoms with Gasteiger partial charge in [-0.25, -0.2) is 4.79 Å². The number of benzene rings is 1. The summed E-state index contributed by atoms with van der Waals surface area (Å²) in [4.78, 5) is 14.2. The summed E-state index contributed by atoms with van der Waals surface area (Å²) < 4.78 is 10.4. The maximum Gasteiger partial charge on any atom is 0.411 e. The van der Waals surface area contributed by atoms with Crippen LogP contribution in [-0.2, 0) is 16.1 Å². The van der Waals surface area contributed by atoms with E-state index in [-0.39, 0.29) is 0 Å². The molecule has 0 radical (unpaired) electrons. The van der Waals surface area contributed by atoms with Gasteiger partial charge in [-0.2, -0.15) is 0 Å². The minimum Gasteiger partial charge on any atom is -0.448 e. The summed E-state index contributed by atoms with van der Waals surface area (Å²) in [5.41, 5.74) is 1.68. The van der Waals surface area contributed by atoms with Gasteiger partial charge in [0.25, 0.3) is 0 Å². The average Bonchev–Trinajstić information content (AvgIpc) is 2.50. The van der Waals surface area contributed by atoms with Crippen LogP contribution in [0, 0.1) is 0 Å². The molecule has 0 saturated carbocycles. The normalized spacial score (nSPS) is 15.7. The number of anilines is 1. The molecule has 0 spiro atoms. The number of likely N-dealkylation sites (tertiary alicyclic amines) is 1. The summed E-state index contributed by atoms with van der Waals surface area (Å²) in [7, 11) is 1.63. The number of piperidine rings is 1. The molecule has 0 atom stereocenters. The smallest absolute Gasteiger partial charge is 0.411 e. The Morgan fingerprint density at radius 3 is 2.76 bits per heavy atom. The number of carbonyl (C=O) groups excluding carboxylic acids is 1. The van der Waals surface area contributed by atoms with Gasteiger partial charge in [-0.1, -0.05) is 24.6 Å². The summed E-state index contributed by atoms with van der Waals surface area (Å²) in [6, 6.07) is 7.57. The highest BCUT2D eigenvalue weighted by molar-refractivity contribution is 5.85. The van der Waals surface area contributed by atoms with Crippen LogP contribution in [0.3, 0.4) is 0 Å². The molecule has 0 bridgehead atoms. The van der Waals surface area contributed by atoms with E-state index in [1.165, 1.54) is 19.3 Å². The van der Waals surface area contributed by atoms with Crippen LogP contribution in [0.15, 0.2) is 24.3 Å². The SMILES string of the molecule is COCc1ccccc1NC(=O)OCCN1CCCCC1. The number of rotatable bonds is 6. The molecule has 1 aromatic rings. The van der Waals surface area contributed by atoms with E-state index in [9.17, 15) is 4.79 Å². The fraction of sp³-hybridized carbons (Fsp3) is 0.562. The first-order chi connectivity index (χ1) is 10.3. The average molecular weight is 292 g/mol. The van der Waals surface area contributed by atoms with Crippen LogP contribution in [0.5, 0.6) is 0 Å². The van der Waals surface area contributed by atoms with Crippen molar-refractivity contribution < 1.29 is 14.3 Å². The molecule has 1 amide bonds. The van der Waals surface area contributed by atoms with E-state index in [0.29, 0.717) is 13.2 Å². The summed E-state index contributed by atoms with van der Waals surface area (Å²) in [6.07, 6.45) is 3.40. The number of nitrogens with zero attached hydrogens (tertiary/aromatic N) is 1. The van der Waals surface area contributed by atoms with Gasteiger partial charge in [0.05, 0.1) is 6.61 Å². The van der Waals surface area contributed by atoms with E-state index in [0.717, 1.165) is 30.9 Å². The van der Waals surface area contributed by atoms with Crippen molar-refractivity contribution in [1.29, 1.82) is 0 Å². The number of methoxy groups -OCH3 is 1. The van der Waals surface area contributed by atoms with Crippen LogP contribution in [-0.4, -0.2) is 44.3 Å². The zero-order chi connectivity index (χ0) is 14.9. The molecule has 0 unspecified atom stereocenters. The molecule has 1 aliphatic heterocycles. The number of ether oxygens (including phenoxy) is 2. The Hall–Kier alpha value is -1.59. The van der Waals surface area contributed by atoms with E-state index in [2.05, 4.69) is 10.2 Å². The molecule has 116 valence electrons. The van der Waals surface area contributed by atoms with Gasteiger partial charge >= 0.3 is 6.09 Å². The largest absolute Gasteiger partial charge is 0.448 e. The third kappa shape index (κ3) is 5.36. The first kappa shape index (κ1) is 15.8. The number of para-hydroxylation sites is 1. The number of carbonyl (C=O) groups is 1. The van der Waals surface area contributed by atoms with Gasteiger partial charge < -0.3 is 9.47 Å². The van der Waals surface area contributed by atoms with Gasteiger partial charge in [-0.15, -0.1) is 0 Å². The maximum atomic E-state index is 11.8. The minimum atomic E-state index is -0.407. The molecule has 1 fully saturated rings. The van der Waals surface area contributed by atoms with E-state index in [1.807, 2.05) is 24.3 Å². The van der Waals surface area contributed by atoms with Gasteiger partial charge in [0, 0.05) is 24.9 Å². The predicted octanol–water partition coefficient (Wildman–Crippen LogP) is 2.87. The summed E-state index contributed by atoms with van der Waals surface area (Å²) in [6.45, 7) is 3.93. The van der Waals surface area contributed by atoms with Gasteiger partial charge in [-0.3, -0.25) is 10.2 Å². The van der Waals surface area contributed by atoms with Crippen molar-refractivity contribution in [3.05, 3.63) is 29.8 Å². The fourth-order valence-electron chi connectivity index (χ4n) is 2.52. The molecule has 5 nitrogen and oxygen atoms in total. The fourth-order valence-corrected chi connectivity index (χ4v) is 2.52. The highest BCUT2D eigenvalue weighted by atomic mass is 16.5. The minimum absolute atomic E-state index is 0.407. The van der Waals surface area contributed by atoms with E-state index >= 15 is 0 Å². The molecule has 21 heavy (non-hydrogen) atoms. The monoisotopic (exact) mass is 292 g/mol. The van der Waals surface area contributed by atoms with Crippen molar-refractivity contribution in [1.82, 2.24) is 4.90 Å². The van der Waals surface area contributed by atoms with Crippen LogP contribution in [0.25, 0.3) is 0 Å². The number of nitrogens with one attached hydrogen (secondary N) is 1. The second-order valence-corrected chi connectivity index (χ2v) is 5.25. The third-order valence-electron chi connectivity index (χ3n) is 3.64. The lowest BCUT2D eigenvalue weighted by Gasteiger charge is -2.25. The lowest BCUT2D eigenvalue weighted by Crippen LogP contribution is -2.33. The Kier molecular flexibility index (Phi) is 6.50. The summed E-state index contributed by atoms with van der Waals surface area (Å²) >= 11 is 0. The van der Waals surface area contributed by atoms with E-state index in [1.54, 1.807) is 7.11 Å². The van der Waals surface area contributed by atoms with Crippen LogP contribution in [0.2, 0.25) is 0 Å². The quantitative estimate of drug-likeness (QED) is 0.876. The molecular weight excluding hydrogens is 268 g/mol. The Morgan fingerprint density at radius 1 is 1.24 bits per heavy atom. The predicted molar refractivity (Wildman–Crippen MR) is 82.4 cm³/mol. The molecule has 1 N–H and O–H groups in total. The van der Waals surface area contributed by atoms with Crippen molar-refractivity contribution in [2.75, 3.05) is 38.7 Å². The molecule has 0 aliphatic carbocycles. The zero-order valence-electron chi connectivity index (χ0n) is 12.6. The molecule has 5 heteroatoms. The summed E-state index contributed by atoms with van der Waals surface area (Å²) in [5.74, 6) is 0. The maximum absolute atomic E-state index is 11.8. The molecule has 2 rings (SSSR count).